The van der Waals surface area contributed by atoms with Gasteiger partial charge in [0.2, 0.25) is 0 Å². The van der Waals surface area contributed by atoms with E-state index in [4.69, 9.17) is 5.11 Å². The molecule has 1 N–H and O–H groups in total. The fraction of sp³-hybridized carbons (Fsp3) is 0.333. The first kappa shape index (κ1) is 12.6. The van der Waals surface area contributed by atoms with Crippen LogP contribution in [0.25, 0.3) is 5.57 Å². The van der Waals surface area contributed by atoms with Crippen LogP contribution >= 0.6 is 0 Å². The lowest BCUT2D eigenvalue weighted by atomic mass is 9.87. The molecule has 0 amide bonds. The van der Waals surface area contributed by atoms with Crippen molar-refractivity contribution in [3.05, 3.63) is 41.0 Å². The van der Waals surface area contributed by atoms with E-state index in [9.17, 15) is 9.59 Å². The Hall–Kier alpha value is -1.90. The standard InChI is InChI=1S/C15H16O3/c1-10-13(3-2-4-14(10)16)12-7-5-11(6-8-12)9-15(17)18/h5-8H,2-4,9H2,1H3,(H,17,18). The molecule has 1 aliphatic rings. The molecule has 3 nitrogen and oxygen atoms in total. The van der Waals surface area contributed by atoms with Crippen LogP contribution in [0.4, 0.5) is 0 Å². The number of hydrogen-bond acceptors (Lipinski definition) is 2. The topological polar surface area (TPSA) is 54.4 Å². The number of carbonyl (C=O) groups is 2. The summed E-state index contributed by atoms with van der Waals surface area (Å²) in [4.78, 5) is 22.3. The van der Waals surface area contributed by atoms with Gasteiger partial charge < -0.3 is 5.11 Å². The molecule has 0 atom stereocenters. The fourth-order valence-electron chi connectivity index (χ4n) is 2.33. The Bertz CT molecular complexity index is 509. The Morgan fingerprint density at radius 2 is 1.89 bits per heavy atom. The Balaban J connectivity index is 2.26. The van der Waals surface area contributed by atoms with Crippen LogP contribution in [0.15, 0.2) is 29.8 Å². The zero-order valence-electron chi connectivity index (χ0n) is 10.4. The average Bonchev–Trinajstić information content (AvgIpc) is 2.33. The number of carboxylic acids is 1. The molecular weight excluding hydrogens is 228 g/mol. The second kappa shape index (κ2) is 5.17. The van der Waals surface area contributed by atoms with Crippen LogP contribution in [0.3, 0.4) is 0 Å². The molecule has 0 heterocycles. The zero-order valence-corrected chi connectivity index (χ0v) is 10.4. The molecule has 0 fully saturated rings. The Morgan fingerprint density at radius 3 is 2.50 bits per heavy atom. The van der Waals surface area contributed by atoms with Crippen LogP contribution in [-0.2, 0) is 16.0 Å². The molecule has 18 heavy (non-hydrogen) atoms. The number of allylic oxidation sites excluding steroid dienone is 2. The van der Waals surface area contributed by atoms with Gasteiger partial charge in [-0.1, -0.05) is 24.3 Å². The van der Waals surface area contributed by atoms with E-state index < -0.39 is 5.97 Å². The maximum absolute atomic E-state index is 11.7. The summed E-state index contributed by atoms with van der Waals surface area (Å²) in [6.45, 7) is 1.88. The van der Waals surface area contributed by atoms with Crippen LogP contribution in [0.1, 0.15) is 37.3 Å². The predicted octanol–water partition coefficient (Wildman–Crippen LogP) is 2.84. The van der Waals surface area contributed by atoms with Crippen molar-refractivity contribution in [3.63, 3.8) is 0 Å². The molecule has 0 aliphatic heterocycles. The van der Waals surface area contributed by atoms with Crippen molar-refractivity contribution in [3.8, 4) is 0 Å². The maximum Gasteiger partial charge on any atom is 0.307 e. The third kappa shape index (κ3) is 2.67. The van der Waals surface area contributed by atoms with Crippen LogP contribution in [-0.4, -0.2) is 16.9 Å². The summed E-state index contributed by atoms with van der Waals surface area (Å²) in [6.07, 6.45) is 2.52. The number of benzene rings is 1. The predicted molar refractivity (Wildman–Crippen MR) is 69.2 cm³/mol. The lowest BCUT2D eigenvalue weighted by Gasteiger charge is -2.17. The number of aliphatic carboxylic acids is 1. The average molecular weight is 244 g/mol. The van der Waals surface area contributed by atoms with Gasteiger partial charge in [-0.05, 0) is 42.0 Å². The van der Waals surface area contributed by atoms with Gasteiger partial charge >= 0.3 is 5.97 Å². The fourth-order valence-corrected chi connectivity index (χ4v) is 2.33. The highest BCUT2D eigenvalue weighted by molar-refractivity contribution is 6.03. The molecule has 0 bridgehead atoms. The Morgan fingerprint density at radius 1 is 1.22 bits per heavy atom. The third-order valence-electron chi connectivity index (χ3n) is 3.36. The highest BCUT2D eigenvalue weighted by Crippen LogP contribution is 2.30. The van der Waals surface area contributed by atoms with Gasteiger partial charge in [0.15, 0.2) is 5.78 Å². The van der Waals surface area contributed by atoms with Gasteiger partial charge in [-0.2, -0.15) is 0 Å². The van der Waals surface area contributed by atoms with Crippen LogP contribution in [0, 0.1) is 0 Å². The number of hydrogen-bond donors (Lipinski definition) is 1. The molecule has 1 aromatic rings. The van der Waals surface area contributed by atoms with E-state index in [0.29, 0.717) is 6.42 Å². The van der Waals surface area contributed by atoms with Crippen molar-refractivity contribution in [2.75, 3.05) is 0 Å². The first-order valence-electron chi connectivity index (χ1n) is 6.12. The largest absolute Gasteiger partial charge is 0.481 e. The summed E-state index contributed by atoms with van der Waals surface area (Å²) >= 11 is 0. The lowest BCUT2D eigenvalue weighted by Crippen LogP contribution is -2.08. The second-order valence-electron chi connectivity index (χ2n) is 4.65. The van der Waals surface area contributed by atoms with Crippen molar-refractivity contribution in [2.45, 2.75) is 32.6 Å². The minimum Gasteiger partial charge on any atom is -0.481 e. The number of rotatable bonds is 3. The molecule has 1 aromatic carbocycles. The smallest absolute Gasteiger partial charge is 0.307 e. The van der Waals surface area contributed by atoms with E-state index in [1.54, 1.807) is 0 Å². The van der Waals surface area contributed by atoms with Gasteiger partial charge in [-0.3, -0.25) is 9.59 Å². The zero-order chi connectivity index (χ0) is 13.1. The van der Waals surface area contributed by atoms with Gasteiger partial charge in [0.05, 0.1) is 6.42 Å². The van der Waals surface area contributed by atoms with Crippen molar-refractivity contribution >= 4 is 17.3 Å². The number of carbonyl (C=O) groups excluding carboxylic acids is 1. The summed E-state index contributed by atoms with van der Waals surface area (Å²) in [5, 5.41) is 8.71. The van der Waals surface area contributed by atoms with E-state index >= 15 is 0 Å². The third-order valence-corrected chi connectivity index (χ3v) is 3.36. The summed E-state index contributed by atoms with van der Waals surface area (Å²) in [5.41, 5.74) is 3.78. The molecule has 0 radical (unpaired) electrons. The molecule has 2 rings (SSSR count). The first-order valence-corrected chi connectivity index (χ1v) is 6.12. The summed E-state index contributed by atoms with van der Waals surface area (Å²) in [7, 11) is 0. The molecule has 0 unspecified atom stereocenters. The number of carboxylic acid groups (broad SMARTS) is 1. The molecule has 1 aliphatic carbocycles. The molecule has 0 aromatic heterocycles. The molecular formula is C15H16O3. The van der Waals surface area contributed by atoms with Crippen molar-refractivity contribution < 1.29 is 14.7 Å². The monoisotopic (exact) mass is 244 g/mol. The Labute approximate surface area is 106 Å². The van der Waals surface area contributed by atoms with E-state index in [1.807, 2.05) is 31.2 Å². The minimum absolute atomic E-state index is 0.0389. The van der Waals surface area contributed by atoms with Crippen LogP contribution in [0.2, 0.25) is 0 Å². The van der Waals surface area contributed by atoms with E-state index in [0.717, 1.165) is 35.1 Å². The second-order valence-corrected chi connectivity index (χ2v) is 4.65. The number of Topliss-reactive ketones (excluding diaryl/α,β-unsaturated/α-hetero) is 1. The normalized spacial score (nSPS) is 15.9. The molecule has 94 valence electrons. The maximum atomic E-state index is 11.7. The van der Waals surface area contributed by atoms with Crippen molar-refractivity contribution in [1.82, 2.24) is 0 Å². The van der Waals surface area contributed by atoms with Gasteiger partial charge in [0, 0.05) is 6.42 Å². The number of ketones is 1. The van der Waals surface area contributed by atoms with Crippen molar-refractivity contribution in [1.29, 1.82) is 0 Å². The van der Waals surface area contributed by atoms with E-state index in [1.165, 1.54) is 0 Å². The summed E-state index contributed by atoms with van der Waals surface area (Å²) in [5.74, 6) is -0.600. The highest BCUT2D eigenvalue weighted by atomic mass is 16.4. The molecule has 0 spiro atoms. The van der Waals surface area contributed by atoms with E-state index in [-0.39, 0.29) is 12.2 Å². The summed E-state index contributed by atoms with van der Waals surface area (Å²) < 4.78 is 0. The SMILES string of the molecule is CC1=C(c2ccc(CC(=O)O)cc2)CCCC1=O. The first-order chi connectivity index (χ1) is 8.58. The van der Waals surface area contributed by atoms with Gasteiger partial charge in [-0.15, -0.1) is 0 Å². The summed E-state index contributed by atoms with van der Waals surface area (Å²) in [6, 6.07) is 7.47. The van der Waals surface area contributed by atoms with Crippen molar-refractivity contribution in [2.24, 2.45) is 0 Å². The van der Waals surface area contributed by atoms with Crippen LogP contribution in [0.5, 0.6) is 0 Å². The molecule has 0 saturated carbocycles. The highest BCUT2D eigenvalue weighted by Gasteiger charge is 2.17. The Kier molecular flexibility index (Phi) is 3.60. The minimum atomic E-state index is -0.828. The van der Waals surface area contributed by atoms with Gasteiger partial charge in [-0.25, -0.2) is 0 Å². The molecule has 3 heteroatoms. The van der Waals surface area contributed by atoms with Gasteiger partial charge in [0.25, 0.3) is 0 Å². The van der Waals surface area contributed by atoms with Crippen LogP contribution < -0.4 is 0 Å². The van der Waals surface area contributed by atoms with E-state index in [2.05, 4.69) is 0 Å². The lowest BCUT2D eigenvalue weighted by molar-refractivity contribution is -0.136. The molecule has 0 saturated heterocycles. The van der Waals surface area contributed by atoms with Gasteiger partial charge in [0.1, 0.15) is 0 Å². The quantitative estimate of drug-likeness (QED) is 0.889.